The molecule has 0 bridgehead atoms. The molecule has 1 atom stereocenters. The molecule has 3 N–H and O–H groups in total. The molecule has 15 nitrogen and oxygen atoms in total. The SMILES string of the molecule is CC(=O)N1c2ccc(-c3cnc(NC(=O)CCOCCOCCOCCOCCOCCC(=O)O)nc3)cc2N(Cc2ccccc2CO)C[C@@H]1C1CC1. The largest absolute Gasteiger partial charge is 0.481 e. The summed E-state index contributed by atoms with van der Waals surface area (Å²) >= 11 is 0. The Hall–Kier alpha value is -4.51. The fraction of sp³-hybridized carbons (Fsp3) is 0.513. The minimum atomic E-state index is -0.891. The molecular formula is C39H51N5O10. The molecule has 292 valence electrons. The van der Waals surface area contributed by atoms with Crippen molar-refractivity contribution in [2.45, 2.75) is 51.8 Å². The van der Waals surface area contributed by atoms with Crippen molar-refractivity contribution in [3.63, 3.8) is 0 Å². The summed E-state index contributed by atoms with van der Waals surface area (Å²) in [6, 6.07) is 14.0. The lowest BCUT2D eigenvalue weighted by Gasteiger charge is -2.44. The first-order valence-electron chi connectivity index (χ1n) is 18.4. The van der Waals surface area contributed by atoms with E-state index < -0.39 is 5.97 Å². The van der Waals surface area contributed by atoms with E-state index >= 15 is 0 Å². The average Bonchev–Trinajstić information content (AvgIpc) is 4.02. The van der Waals surface area contributed by atoms with E-state index in [0.717, 1.165) is 46.5 Å². The Kier molecular flexibility index (Phi) is 16.1. The van der Waals surface area contributed by atoms with Gasteiger partial charge in [0.2, 0.25) is 17.8 Å². The van der Waals surface area contributed by atoms with Crippen molar-refractivity contribution in [1.82, 2.24) is 9.97 Å². The molecule has 0 radical (unpaired) electrons. The van der Waals surface area contributed by atoms with Gasteiger partial charge in [0.05, 0.1) is 103 Å². The van der Waals surface area contributed by atoms with E-state index in [2.05, 4.69) is 26.3 Å². The highest BCUT2D eigenvalue weighted by Crippen LogP contribution is 2.45. The van der Waals surface area contributed by atoms with Gasteiger partial charge in [-0.05, 0) is 47.6 Å². The lowest BCUT2D eigenvalue weighted by Crippen LogP contribution is -2.52. The monoisotopic (exact) mass is 749 g/mol. The first-order chi connectivity index (χ1) is 26.3. The van der Waals surface area contributed by atoms with E-state index in [1.807, 2.05) is 41.3 Å². The van der Waals surface area contributed by atoms with Gasteiger partial charge in [-0.2, -0.15) is 0 Å². The van der Waals surface area contributed by atoms with Gasteiger partial charge >= 0.3 is 5.97 Å². The smallest absolute Gasteiger partial charge is 0.305 e. The van der Waals surface area contributed by atoms with Crippen LogP contribution in [0.5, 0.6) is 0 Å². The molecular weight excluding hydrogens is 698 g/mol. The summed E-state index contributed by atoms with van der Waals surface area (Å²) < 4.78 is 26.9. The number of aliphatic hydroxyl groups is 1. The van der Waals surface area contributed by atoms with Crippen molar-refractivity contribution in [1.29, 1.82) is 0 Å². The van der Waals surface area contributed by atoms with Crippen LogP contribution in [0.1, 0.15) is 43.7 Å². The predicted molar refractivity (Wildman–Crippen MR) is 200 cm³/mol. The summed E-state index contributed by atoms with van der Waals surface area (Å²) in [5, 5.41) is 21.2. The third-order valence-corrected chi connectivity index (χ3v) is 9.13. The number of nitrogens with one attached hydrogen (secondary N) is 1. The van der Waals surface area contributed by atoms with Gasteiger partial charge in [-0.15, -0.1) is 0 Å². The molecule has 0 saturated heterocycles. The van der Waals surface area contributed by atoms with Crippen molar-refractivity contribution in [2.75, 3.05) is 87.7 Å². The highest BCUT2D eigenvalue weighted by atomic mass is 16.6. The summed E-state index contributed by atoms with van der Waals surface area (Å²) in [5.41, 5.74) is 5.38. The highest BCUT2D eigenvalue weighted by molar-refractivity contribution is 5.98. The van der Waals surface area contributed by atoms with Gasteiger partial charge in [-0.3, -0.25) is 19.7 Å². The average molecular weight is 750 g/mol. The quantitative estimate of drug-likeness (QED) is 0.113. The van der Waals surface area contributed by atoms with Gasteiger partial charge in [0.15, 0.2) is 0 Å². The molecule has 54 heavy (non-hydrogen) atoms. The maximum absolute atomic E-state index is 13.0. The molecule has 2 aromatic carbocycles. The van der Waals surface area contributed by atoms with Crippen LogP contribution >= 0.6 is 0 Å². The second-order valence-electron chi connectivity index (χ2n) is 13.1. The molecule has 3 aromatic rings. The Morgan fingerprint density at radius 3 is 1.89 bits per heavy atom. The van der Waals surface area contributed by atoms with Crippen LogP contribution < -0.4 is 15.1 Å². The molecule has 1 aliphatic carbocycles. The third kappa shape index (κ3) is 12.5. The lowest BCUT2D eigenvalue weighted by atomic mass is 9.98. The number of aliphatic hydroxyl groups excluding tert-OH is 1. The number of carboxylic acid groups (broad SMARTS) is 1. The molecule has 1 aromatic heterocycles. The van der Waals surface area contributed by atoms with Crippen LogP contribution in [0.2, 0.25) is 0 Å². The number of ether oxygens (including phenoxy) is 5. The molecule has 2 heterocycles. The molecule has 2 aliphatic rings. The van der Waals surface area contributed by atoms with Crippen molar-refractivity contribution in [3.05, 3.63) is 66.0 Å². The number of aromatic nitrogens is 2. The van der Waals surface area contributed by atoms with Crippen LogP contribution in [-0.2, 0) is 51.2 Å². The highest BCUT2D eigenvalue weighted by Gasteiger charge is 2.42. The van der Waals surface area contributed by atoms with E-state index in [-0.39, 0.29) is 56.5 Å². The Labute approximate surface area is 315 Å². The van der Waals surface area contributed by atoms with Crippen molar-refractivity contribution < 1.29 is 48.3 Å². The minimum Gasteiger partial charge on any atom is -0.481 e. The minimum absolute atomic E-state index is 0.0239. The zero-order valence-corrected chi connectivity index (χ0v) is 30.8. The zero-order valence-electron chi connectivity index (χ0n) is 30.8. The van der Waals surface area contributed by atoms with Gasteiger partial charge in [0.25, 0.3) is 0 Å². The Bertz CT molecular complexity index is 1650. The zero-order chi connectivity index (χ0) is 38.1. The number of hydrogen-bond acceptors (Lipinski definition) is 12. The molecule has 15 heteroatoms. The number of carbonyl (C=O) groups excluding carboxylic acids is 2. The summed E-state index contributed by atoms with van der Waals surface area (Å²) in [4.78, 5) is 48.9. The molecule has 0 unspecified atom stereocenters. The third-order valence-electron chi connectivity index (χ3n) is 9.13. The summed E-state index contributed by atoms with van der Waals surface area (Å²) in [6.45, 7) is 6.30. The van der Waals surface area contributed by atoms with Crippen molar-refractivity contribution in [3.8, 4) is 11.1 Å². The fourth-order valence-electron chi connectivity index (χ4n) is 6.24. The second-order valence-corrected chi connectivity index (χ2v) is 13.1. The Morgan fingerprint density at radius 2 is 1.33 bits per heavy atom. The summed E-state index contributed by atoms with van der Waals surface area (Å²) in [5.74, 6) is -0.472. The topological polar surface area (TPSA) is 182 Å². The number of anilines is 3. The van der Waals surface area contributed by atoms with E-state index in [9.17, 15) is 19.5 Å². The fourth-order valence-corrected chi connectivity index (χ4v) is 6.24. The normalized spacial score (nSPS) is 15.3. The molecule has 2 amide bonds. The molecule has 0 spiro atoms. The summed E-state index contributed by atoms with van der Waals surface area (Å²) in [6.07, 6.45) is 5.67. The maximum Gasteiger partial charge on any atom is 0.305 e. The van der Waals surface area contributed by atoms with E-state index in [1.165, 1.54) is 0 Å². The number of carboxylic acids is 1. The van der Waals surface area contributed by atoms with E-state index in [1.54, 1.807) is 19.3 Å². The number of amides is 2. The molecule has 1 fully saturated rings. The van der Waals surface area contributed by atoms with Crippen molar-refractivity contribution in [2.24, 2.45) is 5.92 Å². The standard InChI is InChI=1S/C39H51N5O10/c1-28(46)44-34-9-8-30(22-35(34)43(26-36(44)29-6-7-29)25-31-4-2-3-5-32(31)27-45)33-23-40-39(41-24-33)42-37(47)10-12-50-14-16-52-18-20-54-21-19-53-17-15-51-13-11-38(48)49/h2-5,8-9,22-24,29,36,45H,6-7,10-21,25-27H2,1H3,(H,48,49)(H,40,41,42,47)/t36-/m1/s1. The first kappa shape index (κ1) is 40.7. The van der Waals surface area contributed by atoms with E-state index in [0.29, 0.717) is 71.9 Å². The van der Waals surface area contributed by atoms with Crippen LogP contribution in [0.4, 0.5) is 17.3 Å². The van der Waals surface area contributed by atoms with Gasteiger partial charge < -0.3 is 43.7 Å². The van der Waals surface area contributed by atoms with Crippen LogP contribution in [0.3, 0.4) is 0 Å². The van der Waals surface area contributed by atoms with Crippen LogP contribution in [-0.4, -0.2) is 117 Å². The number of nitrogens with zero attached hydrogens (tertiary/aromatic N) is 4. The van der Waals surface area contributed by atoms with Gasteiger partial charge in [-0.25, -0.2) is 9.97 Å². The van der Waals surface area contributed by atoms with E-state index in [4.69, 9.17) is 28.8 Å². The number of carbonyl (C=O) groups is 3. The number of benzene rings is 2. The summed E-state index contributed by atoms with van der Waals surface area (Å²) in [7, 11) is 0. The Morgan fingerprint density at radius 1 is 0.759 bits per heavy atom. The van der Waals surface area contributed by atoms with Gasteiger partial charge in [0.1, 0.15) is 0 Å². The first-order valence-corrected chi connectivity index (χ1v) is 18.4. The number of aliphatic carboxylic acids is 1. The van der Waals surface area contributed by atoms with Crippen LogP contribution in [0.25, 0.3) is 11.1 Å². The lowest BCUT2D eigenvalue weighted by molar-refractivity contribution is -0.138. The van der Waals surface area contributed by atoms with Crippen LogP contribution in [0.15, 0.2) is 54.9 Å². The molecule has 1 saturated carbocycles. The van der Waals surface area contributed by atoms with Gasteiger partial charge in [0, 0.05) is 38.0 Å². The number of rotatable bonds is 24. The molecule has 1 aliphatic heterocycles. The number of hydrogen-bond donors (Lipinski definition) is 3. The van der Waals surface area contributed by atoms with Crippen molar-refractivity contribution >= 4 is 35.1 Å². The molecule has 5 rings (SSSR count). The Balaban J connectivity index is 1.02. The second kappa shape index (κ2) is 21.4. The number of fused-ring (bicyclic) bond motifs is 1. The van der Waals surface area contributed by atoms with Gasteiger partial charge in [-0.1, -0.05) is 30.3 Å². The predicted octanol–water partition coefficient (Wildman–Crippen LogP) is 3.67. The van der Waals surface area contributed by atoms with Crippen LogP contribution in [0, 0.1) is 5.92 Å². The maximum atomic E-state index is 13.0.